The lowest BCUT2D eigenvalue weighted by Crippen LogP contribution is -2.30. The second-order valence-corrected chi connectivity index (χ2v) is 5.20. The van der Waals surface area contributed by atoms with Crippen molar-refractivity contribution in [2.75, 3.05) is 5.75 Å². The van der Waals surface area contributed by atoms with E-state index >= 15 is 0 Å². The molecule has 94 valence electrons. The predicted octanol–water partition coefficient (Wildman–Crippen LogP) is 3.06. The minimum Gasteiger partial charge on any atom is -0.327 e. The number of hydrogen-bond acceptors (Lipinski definition) is 4. The van der Waals surface area contributed by atoms with E-state index in [9.17, 15) is 10.1 Å². The van der Waals surface area contributed by atoms with Crippen LogP contribution in [0.1, 0.15) is 20.3 Å². The molecule has 0 spiro atoms. The zero-order valence-electron chi connectivity index (χ0n) is 10.1. The van der Waals surface area contributed by atoms with Crippen LogP contribution in [0.3, 0.4) is 0 Å². The molecule has 0 aliphatic rings. The summed E-state index contributed by atoms with van der Waals surface area (Å²) >= 11 is 1.65. The Bertz CT molecular complexity index is 367. The van der Waals surface area contributed by atoms with Crippen LogP contribution in [0, 0.1) is 16.0 Å². The maximum atomic E-state index is 10.5. The van der Waals surface area contributed by atoms with Gasteiger partial charge in [0.05, 0.1) is 4.92 Å². The lowest BCUT2D eigenvalue weighted by atomic mass is 10.0. The van der Waals surface area contributed by atoms with Gasteiger partial charge in [0.15, 0.2) is 0 Å². The third kappa shape index (κ3) is 4.36. The topological polar surface area (TPSA) is 69.2 Å². The van der Waals surface area contributed by atoms with Crippen molar-refractivity contribution in [1.82, 2.24) is 0 Å². The van der Waals surface area contributed by atoms with Crippen molar-refractivity contribution in [3.8, 4) is 0 Å². The minimum atomic E-state index is -0.390. The van der Waals surface area contributed by atoms with Crippen molar-refractivity contribution in [1.29, 1.82) is 0 Å². The highest BCUT2D eigenvalue weighted by Gasteiger charge is 2.11. The van der Waals surface area contributed by atoms with E-state index < -0.39 is 0 Å². The van der Waals surface area contributed by atoms with Crippen LogP contribution >= 0.6 is 11.8 Å². The standard InChI is InChI=1S/C12H18N2O2S/c1-3-9(2)12(13)8-17-11-6-4-10(5-7-11)14(15)16/h4-7,9,12H,3,8,13H2,1-2H3. The molecule has 0 saturated carbocycles. The Balaban J connectivity index is 2.50. The third-order valence-electron chi connectivity index (χ3n) is 2.86. The van der Waals surface area contributed by atoms with Gasteiger partial charge in [-0.25, -0.2) is 0 Å². The van der Waals surface area contributed by atoms with Crippen molar-refractivity contribution in [3.63, 3.8) is 0 Å². The van der Waals surface area contributed by atoms with E-state index in [1.54, 1.807) is 23.9 Å². The molecule has 0 aromatic heterocycles. The molecular weight excluding hydrogens is 236 g/mol. The van der Waals surface area contributed by atoms with Gasteiger partial charge in [-0.15, -0.1) is 11.8 Å². The summed E-state index contributed by atoms with van der Waals surface area (Å²) in [6, 6.07) is 6.76. The molecular formula is C12H18N2O2S. The lowest BCUT2D eigenvalue weighted by molar-refractivity contribution is -0.384. The average molecular weight is 254 g/mol. The second-order valence-electron chi connectivity index (χ2n) is 4.11. The van der Waals surface area contributed by atoms with Gasteiger partial charge < -0.3 is 5.73 Å². The number of nitro groups is 1. The van der Waals surface area contributed by atoms with Crippen molar-refractivity contribution < 1.29 is 4.92 Å². The summed E-state index contributed by atoms with van der Waals surface area (Å²) in [4.78, 5) is 11.1. The summed E-state index contributed by atoms with van der Waals surface area (Å²) in [6.07, 6.45) is 1.07. The van der Waals surface area contributed by atoms with Crippen molar-refractivity contribution in [2.24, 2.45) is 11.7 Å². The number of benzene rings is 1. The summed E-state index contributed by atoms with van der Waals surface area (Å²) in [6.45, 7) is 4.27. The van der Waals surface area contributed by atoms with Gasteiger partial charge >= 0.3 is 0 Å². The number of hydrogen-bond donors (Lipinski definition) is 1. The van der Waals surface area contributed by atoms with Crippen LogP contribution in [0.25, 0.3) is 0 Å². The largest absolute Gasteiger partial charge is 0.327 e. The van der Waals surface area contributed by atoms with Crippen LogP contribution < -0.4 is 5.73 Å². The number of thioether (sulfide) groups is 1. The maximum absolute atomic E-state index is 10.5. The maximum Gasteiger partial charge on any atom is 0.269 e. The summed E-state index contributed by atoms with van der Waals surface area (Å²) < 4.78 is 0. The van der Waals surface area contributed by atoms with E-state index in [-0.39, 0.29) is 16.7 Å². The Morgan fingerprint density at radius 1 is 1.41 bits per heavy atom. The van der Waals surface area contributed by atoms with Crippen LogP contribution in [0.15, 0.2) is 29.2 Å². The molecule has 0 amide bonds. The summed E-state index contributed by atoms with van der Waals surface area (Å²) in [7, 11) is 0. The molecule has 0 saturated heterocycles. The first-order valence-electron chi connectivity index (χ1n) is 5.67. The quantitative estimate of drug-likeness (QED) is 0.481. The first kappa shape index (κ1) is 14.0. The molecule has 2 unspecified atom stereocenters. The molecule has 4 nitrogen and oxygen atoms in total. The Labute approximate surface area is 106 Å². The lowest BCUT2D eigenvalue weighted by Gasteiger charge is -2.17. The van der Waals surface area contributed by atoms with Gasteiger partial charge in [0.2, 0.25) is 0 Å². The van der Waals surface area contributed by atoms with E-state index in [0.717, 1.165) is 17.1 Å². The molecule has 0 radical (unpaired) electrons. The van der Waals surface area contributed by atoms with Crippen molar-refractivity contribution >= 4 is 17.4 Å². The van der Waals surface area contributed by atoms with E-state index in [1.165, 1.54) is 12.1 Å². The first-order chi connectivity index (χ1) is 8.04. The number of non-ortho nitro benzene ring substituents is 1. The smallest absolute Gasteiger partial charge is 0.269 e. The summed E-state index contributed by atoms with van der Waals surface area (Å²) in [5, 5.41) is 10.5. The van der Waals surface area contributed by atoms with Gasteiger partial charge in [-0.3, -0.25) is 10.1 Å². The fraction of sp³-hybridized carbons (Fsp3) is 0.500. The highest BCUT2D eigenvalue weighted by atomic mass is 32.2. The SMILES string of the molecule is CCC(C)C(N)CSc1ccc([N+](=O)[O-])cc1. The molecule has 0 bridgehead atoms. The molecule has 1 aromatic carbocycles. The van der Waals surface area contributed by atoms with Gasteiger partial charge in [-0.05, 0) is 18.1 Å². The monoisotopic (exact) mass is 254 g/mol. The van der Waals surface area contributed by atoms with Gasteiger partial charge in [0.1, 0.15) is 0 Å². The summed E-state index contributed by atoms with van der Waals surface area (Å²) in [5.74, 6) is 1.34. The zero-order valence-corrected chi connectivity index (χ0v) is 10.9. The molecule has 0 fully saturated rings. The Morgan fingerprint density at radius 2 is 2.00 bits per heavy atom. The van der Waals surface area contributed by atoms with Gasteiger partial charge in [-0.1, -0.05) is 20.3 Å². The summed E-state index contributed by atoms with van der Waals surface area (Å²) in [5.41, 5.74) is 6.15. The average Bonchev–Trinajstić information content (AvgIpc) is 2.35. The van der Waals surface area contributed by atoms with Crippen LogP contribution in [0.5, 0.6) is 0 Å². The zero-order chi connectivity index (χ0) is 12.8. The molecule has 1 aromatic rings. The minimum absolute atomic E-state index is 0.126. The number of nitrogens with two attached hydrogens (primary N) is 1. The predicted molar refractivity (Wildman–Crippen MR) is 71.3 cm³/mol. The number of nitro benzene ring substituents is 1. The fourth-order valence-corrected chi connectivity index (χ4v) is 2.37. The Hall–Kier alpha value is -1.07. The Morgan fingerprint density at radius 3 is 2.47 bits per heavy atom. The van der Waals surface area contributed by atoms with Gasteiger partial charge in [0, 0.05) is 28.8 Å². The van der Waals surface area contributed by atoms with Crippen LogP contribution in [0.2, 0.25) is 0 Å². The van der Waals surface area contributed by atoms with E-state index in [1.807, 2.05) is 0 Å². The van der Waals surface area contributed by atoms with Crippen molar-refractivity contribution in [2.45, 2.75) is 31.2 Å². The van der Waals surface area contributed by atoms with Gasteiger partial charge in [0.25, 0.3) is 5.69 Å². The third-order valence-corrected chi connectivity index (χ3v) is 4.02. The number of nitrogens with zero attached hydrogens (tertiary/aromatic N) is 1. The Kier molecular flexibility index (Phi) is 5.44. The molecule has 17 heavy (non-hydrogen) atoms. The van der Waals surface area contributed by atoms with Crippen molar-refractivity contribution in [3.05, 3.63) is 34.4 Å². The second kappa shape index (κ2) is 6.61. The van der Waals surface area contributed by atoms with E-state index in [0.29, 0.717) is 5.92 Å². The van der Waals surface area contributed by atoms with E-state index in [4.69, 9.17) is 5.73 Å². The van der Waals surface area contributed by atoms with Gasteiger partial charge in [-0.2, -0.15) is 0 Å². The number of rotatable bonds is 6. The first-order valence-corrected chi connectivity index (χ1v) is 6.66. The highest BCUT2D eigenvalue weighted by Crippen LogP contribution is 2.23. The molecule has 2 atom stereocenters. The molecule has 0 aliphatic heterocycles. The molecule has 0 heterocycles. The highest BCUT2D eigenvalue weighted by molar-refractivity contribution is 7.99. The molecule has 0 aliphatic carbocycles. The molecule has 5 heteroatoms. The normalized spacial score (nSPS) is 14.3. The van der Waals surface area contributed by atoms with E-state index in [2.05, 4.69) is 13.8 Å². The van der Waals surface area contributed by atoms with Crippen LogP contribution in [-0.4, -0.2) is 16.7 Å². The van der Waals surface area contributed by atoms with Crippen LogP contribution in [-0.2, 0) is 0 Å². The molecule has 2 N–H and O–H groups in total. The molecule has 1 rings (SSSR count). The van der Waals surface area contributed by atoms with Crippen LogP contribution in [0.4, 0.5) is 5.69 Å². The fourth-order valence-electron chi connectivity index (χ4n) is 1.32.